The second-order valence-electron chi connectivity index (χ2n) is 7.80. The van der Waals surface area contributed by atoms with Crippen LogP contribution in [0, 0.1) is 0 Å². The highest BCUT2D eigenvalue weighted by molar-refractivity contribution is 6.00. The van der Waals surface area contributed by atoms with Gasteiger partial charge in [0.25, 0.3) is 5.91 Å². The van der Waals surface area contributed by atoms with Gasteiger partial charge in [0.2, 0.25) is 0 Å². The Bertz CT molecular complexity index is 1050. The molecular formula is C26H31N3O2. The third-order valence-electron chi connectivity index (χ3n) is 5.87. The van der Waals surface area contributed by atoms with Gasteiger partial charge in [-0.25, -0.2) is 0 Å². The lowest BCUT2D eigenvalue weighted by molar-refractivity contribution is 0.0640. The molecule has 2 heterocycles. The Labute approximate surface area is 184 Å². The fourth-order valence-electron chi connectivity index (χ4n) is 4.25. The summed E-state index contributed by atoms with van der Waals surface area (Å²) >= 11 is 0. The van der Waals surface area contributed by atoms with Crippen molar-refractivity contribution in [2.24, 2.45) is 0 Å². The van der Waals surface area contributed by atoms with E-state index >= 15 is 0 Å². The first kappa shape index (κ1) is 21.2. The molecule has 5 nitrogen and oxygen atoms in total. The van der Waals surface area contributed by atoms with E-state index in [0.717, 1.165) is 61.6 Å². The van der Waals surface area contributed by atoms with E-state index in [1.807, 2.05) is 36.1 Å². The molecule has 0 N–H and O–H groups in total. The summed E-state index contributed by atoms with van der Waals surface area (Å²) < 4.78 is 7.90. The van der Waals surface area contributed by atoms with Crippen molar-refractivity contribution in [2.75, 3.05) is 39.3 Å². The highest BCUT2D eigenvalue weighted by Crippen LogP contribution is 2.30. The van der Waals surface area contributed by atoms with Gasteiger partial charge in [0, 0.05) is 44.7 Å². The predicted octanol–water partition coefficient (Wildman–Crippen LogP) is 4.53. The lowest BCUT2D eigenvalue weighted by Gasteiger charge is -2.34. The number of hydrogen-bond acceptors (Lipinski definition) is 3. The van der Waals surface area contributed by atoms with Gasteiger partial charge in [0.05, 0.1) is 12.1 Å². The average molecular weight is 418 g/mol. The number of ether oxygens (including phenoxy) is 1. The Hall–Kier alpha value is -3.05. The summed E-state index contributed by atoms with van der Waals surface area (Å²) in [6.45, 7) is 9.62. The van der Waals surface area contributed by atoms with Gasteiger partial charge < -0.3 is 14.2 Å². The Morgan fingerprint density at radius 2 is 1.77 bits per heavy atom. The predicted molar refractivity (Wildman–Crippen MR) is 127 cm³/mol. The SMILES string of the molecule is CCOc1cccc2c1cc(C(=O)N1CCN(C/C=C/c3ccccc3)CC1)n2CC. The molecule has 0 radical (unpaired) electrons. The third-order valence-corrected chi connectivity index (χ3v) is 5.87. The van der Waals surface area contributed by atoms with E-state index in [4.69, 9.17) is 4.74 Å². The van der Waals surface area contributed by atoms with Crippen LogP contribution >= 0.6 is 0 Å². The number of nitrogens with zero attached hydrogens (tertiary/aromatic N) is 3. The topological polar surface area (TPSA) is 37.7 Å². The van der Waals surface area contributed by atoms with Crippen molar-refractivity contribution in [3.8, 4) is 5.75 Å². The molecule has 4 rings (SSSR count). The van der Waals surface area contributed by atoms with E-state index in [1.54, 1.807) is 0 Å². The van der Waals surface area contributed by atoms with E-state index < -0.39 is 0 Å². The van der Waals surface area contributed by atoms with E-state index in [2.05, 4.69) is 58.9 Å². The number of rotatable bonds is 7. The molecule has 3 aromatic rings. The molecule has 1 amide bonds. The molecule has 5 heteroatoms. The molecule has 1 aromatic heterocycles. The second kappa shape index (κ2) is 9.84. The number of fused-ring (bicyclic) bond motifs is 1. The number of aromatic nitrogens is 1. The number of aryl methyl sites for hydroxylation is 1. The molecule has 0 spiro atoms. The van der Waals surface area contributed by atoms with Gasteiger partial charge in [-0.15, -0.1) is 0 Å². The van der Waals surface area contributed by atoms with Crippen LogP contribution in [0.1, 0.15) is 29.9 Å². The molecule has 1 aliphatic rings. The molecular weight excluding hydrogens is 386 g/mol. The first-order chi connectivity index (χ1) is 15.2. The standard InChI is InChI=1S/C26H31N3O2/c1-3-29-23-13-8-14-25(31-4-2)22(23)20-24(29)26(30)28-18-16-27(17-19-28)15-9-12-21-10-6-5-7-11-21/h5-14,20H,3-4,15-19H2,1-2H3/b12-9+. The molecule has 2 aromatic carbocycles. The number of carbonyl (C=O) groups is 1. The number of amides is 1. The zero-order valence-corrected chi connectivity index (χ0v) is 18.5. The van der Waals surface area contributed by atoms with Crippen molar-refractivity contribution < 1.29 is 9.53 Å². The minimum absolute atomic E-state index is 0.111. The fraction of sp³-hybridized carbons (Fsp3) is 0.346. The van der Waals surface area contributed by atoms with E-state index in [-0.39, 0.29) is 5.91 Å². The molecule has 0 atom stereocenters. The third kappa shape index (κ3) is 4.67. The zero-order chi connectivity index (χ0) is 21.6. The summed E-state index contributed by atoms with van der Waals surface area (Å²) in [5, 5.41) is 1.01. The van der Waals surface area contributed by atoms with Crippen molar-refractivity contribution in [1.82, 2.24) is 14.4 Å². The first-order valence-corrected chi connectivity index (χ1v) is 11.2. The van der Waals surface area contributed by atoms with Crippen LogP contribution in [0.3, 0.4) is 0 Å². The first-order valence-electron chi connectivity index (χ1n) is 11.2. The maximum Gasteiger partial charge on any atom is 0.270 e. The van der Waals surface area contributed by atoms with Gasteiger partial charge in [0.1, 0.15) is 11.4 Å². The van der Waals surface area contributed by atoms with E-state index in [0.29, 0.717) is 6.61 Å². The van der Waals surface area contributed by atoms with Gasteiger partial charge in [0.15, 0.2) is 0 Å². The summed E-state index contributed by atoms with van der Waals surface area (Å²) in [4.78, 5) is 17.7. The molecule has 0 saturated carbocycles. The van der Waals surface area contributed by atoms with Gasteiger partial charge in [-0.3, -0.25) is 9.69 Å². The molecule has 1 saturated heterocycles. The normalized spacial score (nSPS) is 15.1. The lowest BCUT2D eigenvalue weighted by Crippen LogP contribution is -2.49. The number of carbonyl (C=O) groups excluding carboxylic acids is 1. The number of hydrogen-bond donors (Lipinski definition) is 0. The lowest BCUT2D eigenvalue weighted by atomic mass is 10.2. The van der Waals surface area contributed by atoms with Crippen LogP contribution in [0.5, 0.6) is 5.75 Å². The highest BCUT2D eigenvalue weighted by Gasteiger charge is 2.25. The highest BCUT2D eigenvalue weighted by atomic mass is 16.5. The summed E-state index contributed by atoms with van der Waals surface area (Å²) in [6.07, 6.45) is 4.37. The van der Waals surface area contributed by atoms with Gasteiger partial charge in [-0.1, -0.05) is 48.6 Å². The Kier molecular flexibility index (Phi) is 6.73. The minimum atomic E-state index is 0.111. The van der Waals surface area contributed by atoms with Crippen LogP contribution in [0.25, 0.3) is 17.0 Å². The molecule has 162 valence electrons. The van der Waals surface area contributed by atoms with Crippen molar-refractivity contribution in [1.29, 1.82) is 0 Å². The molecule has 0 unspecified atom stereocenters. The maximum atomic E-state index is 13.4. The zero-order valence-electron chi connectivity index (χ0n) is 18.5. The van der Waals surface area contributed by atoms with Gasteiger partial charge in [-0.2, -0.15) is 0 Å². The summed E-state index contributed by atoms with van der Waals surface area (Å²) in [5.74, 6) is 0.955. The Morgan fingerprint density at radius 3 is 2.48 bits per heavy atom. The smallest absolute Gasteiger partial charge is 0.270 e. The largest absolute Gasteiger partial charge is 0.493 e. The summed E-state index contributed by atoms with van der Waals surface area (Å²) in [6, 6.07) is 18.4. The van der Waals surface area contributed by atoms with E-state index in [1.165, 1.54) is 5.56 Å². The van der Waals surface area contributed by atoms with Crippen LogP contribution < -0.4 is 4.74 Å². The molecule has 0 bridgehead atoms. The number of benzene rings is 2. The molecule has 1 aliphatic heterocycles. The van der Waals surface area contributed by atoms with Crippen molar-refractivity contribution in [3.63, 3.8) is 0 Å². The Balaban J connectivity index is 1.42. The Morgan fingerprint density at radius 1 is 1.00 bits per heavy atom. The van der Waals surface area contributed by atoms with Crippen LogP contribution in [-0.2, 0) is 6.54 Å². The summed E-state index contributed by atoms with van der Waals surface area (Å²) in [7, 11) is 0. The molecule has 1 fully saturated rings. The molecule has 31 heavy (non-hydrogen) atoms. The van der Waals surface area contributed by atoms with Crippen LogP contribution in [0.15, 0.2) is 60.7 Å². The fourth-order valence-corrected chi connectivity index (χ4v) is 4.25. The average Bonchev–Trinajstić information content (AvgIpc) is 3.20. The van der Waals surface area contributed by atoms with Crippen molar-refractivity contribution in [2.45, 2.75) is 20.4 Å². The number of piperazine rings is 1. The second-order valence-corrected chi connectivity index (χ2v) is 7.80. The summed E-state index contributed by atoms with van der Waals surface area (Å²) in [5.41, 5.74) is 3.03. The van der Waals surface area contributed by atoms with Crippen LogP contribution in [0.4, 0.5) is 0 Å². The van der Waals surface area contributed by atoms with Crippen LogP contribution in [-0.4, -0.2) is 59.6 Å². The van der Waals surface area contributed by atoms with Crippen molar-refractivity contribution in [3.05, 3.63) is 71.9 Å². The van der Waals surface area contributed by atoms with Crippen LogP contribution in [0.2, 0.25) is 0 Å². The molecule has 0 aliphatic carbocycles. The van der Waals surface area contributed by atoms with Gasteiger partial charge in [-0.05, 0) is 37.6 Å². The minimum Gasteiger partial charge on any atom is -0.493 e. The van der Waals surface area contributed by atoms with Crippen molar-refractivity contribution >= 4 is 22.9 Å². The monoisotopic (exact) mass is 417 g/mol. The van der Waals surface area contributed by atoms with Gasteiger partial charge >= 0.3 is 0 Å². The van der Waals surface area contributed by atoms with E-state index in [9.17, 15) is 4.79 Å². The maximum absolute atomic E-state index is 13.4. The quantitative estimate of drug-likeness (QED) is 0.567.